The second-order valence-electron chi connectivity index (χ2n) is 3.65. The van der Waals surface area contributed by atoms with Crippen molar-refractivity contribution < 1.29 is 4.74 Å². The molecule has 0 fully saturated rings. The van der Waals surface area contributed by atoms with E-state index < -0.39 is 0 Å². The fourth-order valence-corrected chi connectivity index (χ4v) is 1.35. The van der Waals surface area contributed by atoms with Crippen molar-refractivity contribution in [3.05, 3.63) is 0 Å². The Morgan fingerprint density at radius 2 is 1.86 bits per heavy atom. The molecule has 3 nitrogen and oxygen atoms in total. The normalized spacial score (nSPS) is 13.5. The molecular formula is C11H26N2O. The van der Waals surface area contributed by atoms with Gasteiger partial charge < -0.3 is 15.4 Å². The summed E-state index contributed by atoms with van der Waals surface area (Å²) in [7, 11) is 0. The number of hydrogen-bond donors (Lipinski definition) is 1. The molecule has 0 amide bonds. The molecule has 0 aliphatic carbocycles. The van der Waals surface area contributed by atoms with Crippen LogP contribution in [0.2, 0.25) is 0 Å². The van der Waals surface area contributed by atoms with E-state index in [-0.39, 0.29) is 6.04 Å². The van der Waals surface area contributed by atoms with E-state index in [0.717, 1.165) is 39.1 Å². The van der Waals surface area contributed by atoms with Crippen molar-refractivity contribution in [2.24, 2.45) is 5.73 Å². The molecule has 0 aliphatic rings. The topological polar surface area (TPSA) is 38.5 Å². The third-order valence-electron chi connectivity index (χ3n) is 2.39. The minimum absolute atomic E-state index is 0.196. The standard InChI is InChI=1S/C11H26N2O/c1-4-9-14-10-11(12)7-8-13(5-2)6-3/h11H,4-10,12H2,1-3H3. The van der Waals surface area contributed by atoms with Crippen molar-refractivity contribution in [3.63, 3.8) is 0 Å². The van der Waals surface area contributed by atoms with Crippen molar-refractivity contribution in [3.8, 4) is 0 Å². The van der Waals surface area contributed by atoms with Gasteiger partial charge in [0.15, 0.2) is 0 Å². The van der Waals surface area contributed by atoms with Gasteiger partial charge in [-0.15, -0.1) is 0 Å². The largest absolute Gasteiger partial charge is 0.380 e. The first-order chi connectivity index (χ1) is 6.74. The van der Waals surface area contributed by atoms with Gasteiger partial charge in [0.05, 0.1) is 6.61 Å². The highest BCUT2D eigenvalue weighted by Gasteiger charge is 2.05. The summed E-state index contributed by atoms with van der Waals surface area (Å²) < 4.78 is 5.40. The first kappa shape index (κ1) is 13.9. The number of ether oxygens (including phenoxy) is 1. The average molecular weight is 202 g/mol. The number of hydrogen-bond acceptors (Lipinski definition) is 3. The van der Waals surface area contributed by atoms with Crippen molar-refractivity contribution >= 4 is 0 Å². The Hall–Kier alpha value is -0.120. The van der Waals surface area contributed by atoms with Crippen LogP contribution < -0.4 is 5.73 Å². The van der Waals surface area contributed by atoms with Gasteiger partial charge in [0, 0.05) is 12.6 Å². The third-order valence-corrected chi connectivity index (χ3v) is 2.39. The molecule has 0 saturated carbocycles. The van der Waals surface area contributed by atoms with E-state index in [1.165, 1.54) is 0 Å². The van der Waals surface area contributed by atoms with E-state index in [4.69, 9.17) is 10.5 Å². The quantitative estimate of drug-likeness (QED) is 0.575. The Morgan fingerprint density at radius 3 is 2.36 bits per heavy atom. The van der Waals surface area contributed by atoms with Gasteiger partial charge in [0.25, 0.3) is 0 Å². The third kappa shape index (κ3) is 7.30. The molecule has 1 unspecified atom stereocenters. The van der Waals surface area contributed by atoms with Gasteiger partial charge in [0.2, 0.25) is 0 Å². The van der Waals surface area contributed by atoms with Crippen LogP contribution in [0.5, 0.6) is 0 Å². The first-order valence-electron chi connectivity index (χ1n) is 5.80. The van der Waals surface area contributed by atoms with Crippen molar-refractivity contribution in [2.45, 2.75) is 39.7 Å². The molecule has 0 aromatic rings. The molecule has 0 spiro atoms. The maximum atomic E-state index is 5.92. The van der Waals surface area contributed by atoms with Crippen LogP contribution >= 0.6 is 0 Å². The smallest absolute Gasteiger partial charge is 0.0617 e. The molecule has 14 heavy (non-hydrogen) atoms. The first-order valence-corrected chi connectivity index (χ1v) is 5.80. The molecule has 0 aromatic carbocycles. The SMILES string of the molecule is CCCOCC(N)CCN(CC)CC. The summed E-state index contributed by atoms with van der Waals surface area (Å²) >= 11 is 0. The summed E-state index contributed by atoms with van der Waals surface area (Å²) in [6.45, 7) is 11.3. The molecular weight excluding hydrogens is 176 g/mol. The molecule has 0 aromatic heterocycles. The van der Waals surface area contributed by atoms with E-state index in [9.17, 15) is 0 Å². The number of nitrogens with two attached hydrogens (primary N) is 1. The average Bonchev–Trinajstić information content (AvgIpc) is 2.20. The molecule has 0 saturated heterocycles. The van der Waals surface area contributed by atoms with E-state index in [0.29, 0.717) is 6.61 Å². The summed E-state index contributed by atoms with van der Waals surface area (Å²) in [5.41, 5.74) is 5.92. The van der Waals surface area contributed by atoms with Crippen LogP contribution in [0.1, 0.15) is 33.6 Å². The maximum Gasteiger partial charge on any atom is 0.0617 e. The molecule has 0 rings (SSSR count). The van der Waals surface area contributed by atoms with Crippen LogP contribution in [0.4, 0.5) is 0 Å². The van der Waals surface area contributed by atoms with Gasteiger partial charge >= 0.3 is 0 Å². The Labute approximate surface area is 88.6 Å². The van der Waals surface area contributed by atoms with E-state index in [1.54, 1.807) is 0 Å². The monoisotopic (exact) mass is 202 g/mol. The highest BCUT2D eigenvalue weighted by Crippen LogP contribution is 1.95. The molecule has 0 heterocycles. The van der Waals surface area contributed by atoms with E-state index in [2.05, 4.69) is 25.7 Å². The van der Waals surface area contributed by atoms with Crippen molar-refractivity contribution in [2.75, 3.05) is 32.8 Å². The highest BCUT2D eigenvalue weighted by atomic mass is 16.5. The van der Waals surface area contributed by atoms with Gasteiger partial charge in [-0.1, -0.05) is 20.8 Å². The summed E-state index contributed by atoms with van der Waals surface area (Å²) in [5, 5.41) is 0. The predicted molar refractivity (Wildman–Crippen MR) is 61.5 cm³/mol. The van der Waals surface area contributed by atoms with Gasteiger partial charge in [-0.05, 0) is 32.5 Å². The Kier molecular flexibility index (Phi) is 9.35. The molecule has 0 bridgehead atoms. The fraction of sp³-hybridized carbons (Fsp3) is 1.00. The van der Waals surface area contributed by atoms with Gasteiger partial charge in [0.1, 0.15) is 0 Å². The Bertz CT molecular complexity index is 116. The molecule has 2 N–H and O–H groups in total. The van der Waals surface area contributed by atoms with E-state index in [1.807, 2.05) is 0 Å². The van der Waals surface area contributed by atoms with Crippen LogP contribution in [0.25, 0.3) is 0 Å². The van der Waals surface area contributed by atoms with Crippen LogP contribution in [0.15, 0.2) is 0 Å². The molecule has 86 valence electrons. The van der Waals surface area contributed by atoms with Crippen LogP contribution in [-0.2, 0) is 4.74 Å². The van der Waals surface area contributed by atoms with Gasteiger partial charge in [-0.25, -0.2) is 0 Å². The molecule has 0 radical (unpaired) electrons. The Morgan fingerprint density at radius 1 is 1.21 bits per heavy atom. The molecule has 3 heteroatoms. The predicted octanol–water partition coefficient (Wildman–Crippen LogP) is 1.47. The zero-order valence-electron chi connectivity index (χ0n) is 9.96. The summed E-state index contributed by atoms with van der Waals surface area (Å²) in [6, 6.07) is 0.196. The lowest BCUT2D eigenvalue weighted by Gasteiger charge is -2.20. The highest BCUT2D eigenvalue weighted by molar-refractivity contribution is 4.63. The van der Waals surface area contributed by atoms with Crippen LogP contribution in [0.3, 0.4) is 0 Å². The summed E-state index contributed by atoms with van der Waals surface area (Å²) in [5.74, 6) is 0. The van der Waals surface area contributed by atoms with E-state index >= 15 is 0 Å². The lowest BCUT2D eigenvalue weighted by Crippen LogP contribution is -2.33. The minimum atomic E-state index is 0.196. The molecule has 1 atom stereocenters. The lowest BCUT2D eigenvalue weighted by molar-refractivity contribution is 0.115. The lowest BCUT2D eigenvalue weighted by atomic mass is 10.2. The van der Waals surface area contributed by atoms with Crippen molar-refractivity contribution in [1.29, 1.82) is 0 Å². The van der Waals surface area contributed by atoms with Gasteiger partial charge in [-0.2, -0.15) is 0 Å². The second kappa shape index (κ2) is 9.44. The number of nitrogens with zero attached hydrogens (tertiary/aromatic N) is 1. The van der Waals surface area contributed by atoms with Crippen LogP contribution in [0, 0.1) is 0 Å². The minimum Gasteiger partial charge on any atom is -0.380 e. The maximum absolute atomic E-state index is 5.92. The fourth-order valence-electron chi connectivity index (χ4n) is 1.35. The Balaban J connectivity index is 3.37. The zero-order chi connectivity index (χ0) is 10.8. The van der Waals surface area contributed by atoms with Crippen LogP contribution in [-0.4, -0.2) is 43.8 Å². The number of rotatable bonds is 9. The van der Waals surface area contributed by atoms with Gasteiger partial charge in [-0.3, -0.25) is 0 Å². The zero-order valence-corrected chi connectivity index (χ0v) is 9.96. The summed E-state index contributed by atoms with van der Waals surface area (Å²) in [6.07, 6.45) is 2.11. The van der Waals surface area contributed by atoms with Crippen molar-refractivity contribution in [1.82, 2.24) is 4.90 Å². The second-order valence-corrected chi connectivity index (χ2v) is 3.65. The summed E-state index contributed by atoms with van der Waals surface area (Å²) in [4.78, 5) is 2.39. The molecule has 0 aliphatic heterocycles.